The number of terminal acetylenes is 1. The van der Waals surface area contributed by atoms with Gasteiger partial charge < -0.3 is 5.32 Å². The van der Waals surface area contributed by atoms with Crippen LogP contribution < -0.4 is 5.32 Å². The van der Waals surface area contributed by atoms with E-state index in [1.165, 1.54) is 0 Å². The van der Waals surface area contributed by atoms with Gasteiger partial charge in [-0.25, -0.2) is 0 Å². The van der Waals surface area contributed by atoms with Crippen LogP contribution in [0.2, 0.25) is 0 Å². The summed E-state index contributed by atoms with van der Waals surface area (Å²) in [4.78, 5) is 0. The Hall–Kier alpha value is -0.740. The van der Waals surface area contributed by atoms with E-state index in [-0.39, 0.29) is 6.04 Å². The summed E-state index contributed by atoms with van der Waals surface area (Å²) in [5.74, 6) is 2.74. The highest BCUT2D eigenvalue weighted by Crippen LogP contribution is 1.95. The second-order valence-corrected chi connectivity index (χ2v) is 2.89. The molecule has 0 spiro atoms. The molecule has 0 amide bonds. The molecule has 12 heavy (non-hydrogen) atoms. The van der Waals surface area contributed by atoms with Crippen molar-refractivity contribution >= 4 is 0 Å². The molecule has 1 nitrogen and oxygen atoms in total. The quantitative estimate of drug-likeness (QED) is 0.347. The molecule has 0 aromatic heterocycles. The van der Waals surface area contributed by atoms with E-state index >= 15 is 0 Å². The highest BCUT2D eigenvalue weighted by molar-refractivity contribution is 4.98. The lowest BCUT2D eigenvalue weighted by Crippen LogP contribution is -2.28. The van der Waals surface area contributed by atoms with Gasteiger partial charge in [-0.1, -0.05) is 25.3 Å². The summed E-state index contributed by atoms with van der Waals surface area (Å²) in [5, 5.41) is 3.32. The van der Waals surface area contributed by atoms with Crippen LogP contribution in [0.3, 0.4) is 0 Å². The summed E-state index contributed by atoms with van der Waals surface area (Å²) in [7, 11) is 0. The monoisotopic (exact) mass is 165 g/mol. The van der Waals surface area contributed by atoms with Crippen LogP contribution in [0.25, 0.3) is 0 Å². The van der Waals surface area contributed by atoms with Crippen molar-refractivity contribution < 1.29 is 0 Å². The van der Waals surface area contributed by atoms with Crippen LogP contribution >= 0.6 is 0 Å². The molecule has 1 atom stereocenters. The maximum Gasteiger partial charge on any atom is 0.0686 e. The Bertz CT molecular complexity index is 144. The van der Waals surface area contributed by atoms with E-state index in [4.69, 9.17) is 6.42 Å². The normalized spacial score (nSPS) is 12.0. The fraction of sp³-hybridized carbons (Fsp3) is 0.636. The Morgan fingerprint density at radius 2 is 2.42 bits per heavy atom. The standard InChI is InChI=1S/C11H19N/c1-4-7-8-10-12-11(6-3)9-5-2/h3-4,11-12H,1,5,7-10H2,2H3. The van der Waals surface area contributed by atoms with Gasteiger partial charge in [-0.05, 0) is 25.8 Å². The molecule has 0 aliphatic rings. The lowest BCUT2D eigenvalue weighted by Gasteiger charge is -2.10. The maximum atomic E-state index is 5.34. The van der Waals surface area contributed by atoms with E-state index in [0.717, 1.165) is 32.2 Å². The summed E-state index contributed by atoms with van der Waals surface area (Å²) < 4.78 is 0. The average molecular weight is 165 g/mol. The van der Waals surface area contributed by atoms with Crippen LogP contribution in [0, 0.1) is 12.3 Å². The minimum Gasteiger partial charge on any atom is -0.304 e. The number of hydrogen-bond acceptors (Lipinski definition) is 1. The second-order valence-electron chi connectivity index (χ2n) is 2.89. The molecule has 0 aromatic rings. The van der Waals surface area contributed by atoms with Crippen LogP contribution in [0.15, 0.2) is 12.7 Å². The number of unbranched alkanes of at least 4 members (excludes halogenated alkanes) is 1. The first kappa shape index (κ1) is 11.3. The number of hydrogen-bond donors (Lipinski definition) is 1. The predicted octanol–water partition coefficient (Wildman–Crippen LogP) is 2.34. The van der Waals surface area contributed by atoms with Crippen molar-refractivity contribution in [1.82, 2.24) is 5.32 Å². The van der Waals surface area contributed by atoms with Crippen molar-refractivity contribution in [2.75, 3.05) is 6.54 Å². The molecule has 1 N–H and O–H groups in total. The highest BCUT2D eigenvalue weighted by atomic mass is 14.9. The molecule has 0 fully saturated rings. The fourth-order valence-corrected chi connectivity index (χ4v) is 1.06. The minimum atomic E-state index is 0.264. The third-order valence-electron chi connectivity index (χ3n) is 1.75. The third-order valence-corrected chi connectivity index (χ3v) is 1.75. The van der Waals surface area contributed by atoms with Crippen molar-refractivity contribution in [2.45, 2.75) is 38.6 Å². The van der Waals surface area contributed by atoms with E-state index in [0.29, 0.717) is 0 Å². The molecule has 0 bridgehead atoms. The van der Waals surface area contributed by atoms with Gasteiger partial charge >= 0.3 is 0 Å². The Morgan fingerprint density at radius 3 is 2.92 bits per heavy atom. The largest absolute Gasteiger partial charge is 0.304 e. The van der Waals surface area contributed by atoms with Crippen molar-refractivity contribution in [3.63, 3.8) is 0 Å². The van der Waals surface area contributed by atoms with Gasteiger partial charge in [-0.3, -0.25) is 0 Å². The molecule has 0 rings (SSSR count). The molecule has 0 aliphatic heterocycles. The zero-order chi connectivity index (χ0) is 9.23. The molecule has 0 radical (unpaired) electrons. The molecule has 1 unspecified atom stereocenters. The maximum absolute atomic E-state index is 5.34. The fourth-order valence-electron chi connectivity index (χ4n) is 1.06. The molecule has 0 saturated carbocycles. The first-order valence-electron chi connectivity index (χ1n) is 4.65. The minimum absolute atomic E-state index is 0.264. The lowest BCUT2D eigenvalue weighted by atomic mass is 10.2. The van der Waals surface area contributed by atoms with Gasteiger partial charge in [0, 0.05) is 0 Å². The van der Waals surface area contributed by atoms with E-state index < -0.39 is 0 Å². The lowest BCUT2D eigenvalue weighted by molar-refractivity contribution is 0.552. The van der Waals surface area contributed by atoms with Crippen molar-refractivity contribution in [2.24, 2.45) is 0 Å². The van der Waals surface area contributed by atoms with E-state index in [1.54, 1.807) is 0 Å². The van der Waals surface area contributed by atoms with Crippen LogP contribution in [0.5, 0.6) is 0 Å². The van der Waals surface area contributed by atoms with E-state index in [2.05, 4.69) is 24.7 Å². The highest BCUT2D eigenvalue weighted by Gasteiger charge is 1.99. The summed E-state index contributed by atoms with van der Waals surface area (Å²) in [6.07, 6.45) is 11.7. The van der Waals surface area contributed by atoms with Crippen LogP contribution in [-0.2, 0) is 0 Å². The van der Waals surface area contributed by atoms with Crippen LogP contribution in [0.1, 0.15) is 32.6 Å². The van der Waals surface area contributed by atoms with Gasteiger partial charge in [0.15, 0.2) is 0 Å². The number of allylic oxidation sites excluding steroid dienone is 1. The molecule has 1 heteroatoms. The van der Waals surface area contributed by atoms with Crippen molar-refractivity contribution in [3.05, 3.63) is 12.7 Å². The zero-order valence-electron chi connectivity index (χ0n) is 7.97. The Kier molecular flexibility index (Phi) is 7.84. The van der Waals surface area contributed by atoms with E-state index in [9.17, 15) is 0 Å². The van der Waals surface area contributed by atoms with Crippen molar-refractivity contribution in [1.29, 1.82) is 0 Å². The first-order chi connectivity index (χ1) is 5.85. The molecule has 0 saturated heterocycles. The SMILES string of the molecule is C#CC(CCC)NCCCC=C. The van der Waals surface area contributed by atoms with Gasteiger partial charge in [0.25, 0.3) is 0 Å². The van der Waals surface area contributed by atoms with Crippen LogP contribution in [-0.4, -0.2) is 12.6 Å². The average Bonchev–Trinajstić information content (AvgIpc) is 2.10. The van der Waals surface area contributed by atoms with Crippen molar-refractivity contribution in [3.8, 4) is 12.3 Å². The molecular weight excluding hydrogens is 146 g/mol. The Labute approximate surface area is 76.2 Å². The van der Waals surface area contributed by atoms with E-state index in [1.807, 2.05) is 6.08 Å². The summed E-state index contributed by atoms with van der Waals surface area (Å²) >= 11 is 0. The summed E-state index contributed by atoms with van der Waals surface area (Å²) in [5.41, 5.74) is 0. The second kappa shape index (κ2) is 8.36. The van der Waals surface area contributed by atoms with Gasteiger partial charge in [0.05, 0.1) is 6.04 Å². The first-order valence-corrected chi connectivity index (χ1v) is 4.65. The van der Waals surface area contributed by atoms with Crippen LogP contribution in [0.4, 0.5) is 0 Å². The number of rotatable bonds is 7. The van der Waals surface area contributed by atoms with Gasteiger partial charge in [-0.15, -0.1) is 13.0 Å². The Balaban J connectivity index is 3.33. The topological polar surface area (TPSA) is 12.0 Å². The third kappa shape index (κ3) is 6.00. The van der Waals surface area contributed by atoms with Gasteiger partial charge in [0.1, 0.15) is 0 Å². The predicted molar refractivity (Wildman–Crippen MR) is 55.0 cm³/mol. The molecule has 0 aromatic carbocycles. The molecule has 68 valence electrons. The van der Waals surface area contributed by atoms with Gasteiger partial charge in [-0.2, -0.15) is 0 Å². The smallest absolute Gasteiger partial charge is 0.0686 e. The Morgan fingerprint density at radius 1 is 1.67 bits per heavy atom. The van der Waals surface area contributed by atoms with Gasteiger partial charge in [0.2, 0.25) is 0 Å². The molecule has 0 heterocycles. The number of nitrogens with one attached hydrogen (secondary N) is 1. The summed E-state index contributed by atoms with van der Waals surface area (Å²) in [6, 6.07) is 0.264. The summed E-state index contributed by atoms with van der Waals surface area (Å²) in [6.45, 7) is 6.82. The molecular formula is C11H19N. The molecule has 0 aliphatic carbocycles. The zero-order valence-corrected chi connectivity index (χ0v) is 7.97.